The zero-order chi connectivity index (χ0) is 14.3. The predicted octanol–water partition coefficient (Wildman–Crippen LogP) is 0.476. The van der Waals surface area contributed by atoms with Crippen LogP contribution in [0.25, 0.3) is 0 Å². The Bertz CT molecular complexity index is 440. The molecule has 0 aliphatic heterocycles. The molecular formula is C13H18N2O4. The summed E-state index contributed by atoms with van der Waals surface area (Å²) in [7, 11) is 1.39. The van der Waals surface area contributed by atoms with Crippen LogP contribution in [0.3, 0.4) is 0 Å². The van der Waals surface area contributed by atoms with E-state index in [0.717, 1.165) is 11.1 Å². The van der Waals surface area contributed by atoms with Crippen LogP contribution < -0.4 is 15.6 Å². The smallest absolute Gasteiger partial charge is 0.276 e. The van der Waals surface area contributed by atoms with E-state index < -0.39 is 11.8 Å². The molecule has 0 aliphatic rings. The lowest BCUT2D eigenvalue weighted by Gasteiger charge is -2.09. The van der Waals surface area contributed by atoms with Crippen LogP contribution in [0.15, 0.2) is 18.2 Å². The van der Waals surface area contributed by atoms with Crippen LogP contribution >= 0.6 is 0 Å². The third-order valence-corrected chi connectivity index (χ3v) is 2.18. The van der Waals surface area contributed by atoms with E-state index in [9.17, 15) is 9.59 Å². The lowest BCUT2D eigenvalue weighted by Crippen LogP contribution is -2.45. The number of carbonyl (C=O) groups excluding carboxylic acids is 2. The molecule has 6 heteroatoms. The largest absolute Gasteiger partial charge is 0.484 e. The summed E-state index contributed by atoms with van der Waals surface area (Å²) >= 11 is 0. The highest BCUT2D eigenvalue weighted by Crippen LogP contribution is 2.15. The Morgan fingerprint density at radius 1 is 1.00 bits per heavy atom. The van der Waals surface area contributed by atoms with E-state index in [1.807, 2.05) is 32.0 Å². The number of hydrogen-bond acceptors (Lipinski definition) is 4. The topological polar surface area (TPSA) is 76.7 Å². The Hall–Kier alpha value is -2.08. The molecular weight excluding hydrogens is 248 g/mol. The SMILES string of the molecule is COCC(=O)NNC(=O)COc1cc(C)cc(C)c1. The first-order chi connectivity index (χ1) is 9.01. The molecule has 0 bridgehead atoms. The molecule has 2 amide bonds. The molecule has 0 saturated heterocycles. The van der Waals surface area contributed by atoms with Crippen molar-refractivity contribution in [1.29, 1.82) is 0 Å². The summed E-state index contributed by atoms with van der Waals surface area (Å²) < 4.78 is 9.92. The first-order valence-corrected chi connectivity index (χ1v) is 5.79. The van der Waals surface area contributed by atoms with Gasteiger partial charge in [0.1, 0.15) is 12.4 Å². The van der Waals surface area contributed by atoms with E-state index in [0.29, 0.717) is 5.75 Å². The van der Waals surface area contributed by atoms with Crippen molar-refractivity contribution in [3.63, 3.8) is 0 Å². The fourth-order valence-corrected chi connectivity index (χ4v) is 1.51. The Morgan fingerprint density at radius 2 is 1.53 bits per heavy atom. The summed E-state index contributed by atoms with van der Waals surface area (Å²) in [6.45, 7) is 3.62. The fraction of sp³-hybridized carbons (Fsp3) is 0.385. The molecule has 1 aromatic carbocycles. The normalized spacial score (nSPS) is 9.84. The summed E-state index contributed by atoms with van der Waals surface area (Å²) in [5.74, 6) is -0.248. The molecule has 0 fully saturated rings. The summed E-state index contributed by atoms with van der Waals surface area (Å²) in [4.78, 5) is 22.4. The minimum Gasteiger partial charge on any atom is -0.484 e. The molecule has 0 radical (unpaired) electrons. The van der Waals surface area contributed by atoms with Gasteiger partial charge in [0.2, 0.25) is 0 Å². The van der Waals surface area contributed by atoms with E-state index in [-0.39, 0.29) is 13.2 Å². The molecule has 0 aliphatic carbocycles. The molecule has 1 aromatic rings. The van der Waals surface area contributed by atoms with Gasteiger partial charge in [-0.15, -0.1) is 0 Å². The van der Waals surface area contributed by atoms with Crippen molar-refractivity contribution >= 4 is 11.8 Å². The van der Waals surface area contributed by atoms with Crippen LogP contribution in [0.2, 0.25) is 0 Å². The van der Waals surface area contributed by atoms with Gasteiger partial charge in [-0.2, -0.15) is 0 Å². The van der Waals surface area contributed by atoms with Crippen molar-refractivity contribution < 1.29 is 19.1 Å². The number of hydrazine groups is 1. The van der Waals surface area contributed by atoms with Crippen LogP contribution in [0.5, 0.6) is 5.75 Å². The molecule has 0 atom stereocenters. The number of rotatable bonds is 5. The molecule has 6 nitrogen and oxygen atoms in total. The molecule has 104 valence electrons. The van der Waals surface area contributed by atoms with Crippen molar-refractivity contribution in [1.82, 2.24) is 10.9 Å². The van der Waals surface area contributed by atoms with Crippen LogP contribution in [0, 0.1) is 13.8 Å². The average molecular weight is 266 g/mol. The monoisotopic (exact) mass is 266 g/mol. The maximum atomic E-state index is 11.4. The highest BCUT2D eigenvalue weighted by Gasteiger charge is 2.05. The number of ether oxygens (including phenoxy) is 2. The van der Waals surface area contributed by atoms with E-state index in [1.54, 1.807) is 0 Å². The third-order valence-electron chi connectivity index (χ3n) is 2.18. The van der Waals surface area contributed by atoms with E-state index in [4.69, 9.17) is 4.74 Å². The van der Waals surface area contributed by atoms with Crippen LogP contribution in [-0.4, -0.2) is 32.1 Å². The number of aryl methyl sites for hydroxylation is 2. The second kappa shape index (κ2) is 7.38. The molecule has 0 heterocycles. The van der Waals surface area contributed by atoms with Gasteiger partial charge < -0.3 is 9.47 Å². The molecule has 2 N–H and O–H groups in total. The van der Waals surface area contributed by atoms with Crippen molar-refractivity contribution in [2.24, 2.45) is 0 Å². The summed E-state index contributed by atoms with van der Waals surface area (Å²) in [5, 5.41) is 0. The minimum atomic E-state index is -0.441. The zero-order valence-corrected chi connectivity index (χ0v) is 11.3. The second-order valence-corrected chi connectivity index (χ2v) is 4.14. The van der Waals surface area contributed by atoms with Crippen molar-refractivity contribution in [2.45, 2.75) is 13.8 Å². The van der Waals surface area contributed by atoms with Gasteiger partial charge in [-0.3, -0.25) is 20.4 Å². The standard InChI is InChI=1S/C13H18N2O4/c1-9-4-10(2)6-11(5-9)19-8-13(17)15-14-12(16)7-18-3/h4-6H,7-8H2,1-3H3,(H,14,16)(H,15,17). The van der Waals surface area contributed by atoms with E-state index in [1.165, 1.54) is 7.11 Å². The molecule has 0 unspecified atom stereocenters. The number of amides is 2. The highest BCUT2D eigenvalue weighted by molar-refractivity contribution is 5.83. The second-order valence-electron chi connectivity index (χ2n) is 4.14. The molecule has 0 saturated carbocycles. The number of nitrogens with one attached hydrogen (secondary N) is 2. The third kappa shape index (κ3) is 5.87. The fourth-order valence-electron chi connectivity index (χ4n) is 1.51. The molecule has 0 spiro atoms. The van der Waals surface area contributed by atoms with Crippen molar-refractivity contribution in [2.75, 3.05) is 20.3 Å². The maximum Gasteiger partial charge on any atom is 0.276 e. The van der Waals surface area contributed by atoms with Gasteiger partial charge in [0.15, 0.2) is 6.61 Å². The maximum absolute atomic E-state index is 11.4. The van der Waals surface area contributed by atoms with Crippen LogP contribution in [-0.2, 0) is 14.3 Å². The van der Waals surface area contributed by atoms with Crippen molar-refractivity contribution in [3.05, 3.63) is 29.3 Å². The number of benzene rings is 1. The Kier molecular flexibility index (Phi) is 5.81. The summed E-state index contributed by atoms with van der Waals surface area (Å²) in [6.07, 6.45) is 0. The quantitative estimate of drug-likeness (QED) is 0.760. The van der Waals surface area contributed by atoms with Gasteiger partial charge in [-0.1, -0.05) is 6.07 Å². The molecule has 1 rings (SSSR count). The average Bonchev–Trinajstić information content (AvgIpc) is 2.33. The van der Waals surface area contributed by atoms with Crippen LogP contribution in [0.4, 0.5) is 0 Å². The summed E-state index contributed by atoms with van der Waals surface area (Å²) in [6, 6.07) is 5.69. The van der Waals surface area contributed by atoms with Gasteiger partial charge in [-0.25, -0.2) is 0 Å². The lowest BCUT2D eigenvalue weighted by atomic mass is 10.1. The number of hydrogen-bond donors (Lipinski definition) is 2. The van der Waals surface area contributed by atoms with Gasteiger partial charge in [-0.05, 0) is 37.1 Å². The van der Waals surface area contributed by atoms with Gasteiger partial charge in [0.05, 0.1) is 0 Å². The predicted molar refractivity (Wildman–Crippen MR) is 69.6 cm³/mol. The first-order valence-electron chi connectivity index (χ1n) is 5.79. The van der Waals surface area contributed by atoms with Crippen LogP contribution in [0.1, 0.15) is 11.1 Å². The molecule has 19 heavy (non-hydrogen) atoms. The van der Waals surface area contributed by atoms with Gasteiger partial charge >= 0.3 is 0 Å². The van der Waals surface area contributed by atoms with E-state index >= 15 is 0 Å². The Labute approximate surface area is 112 Å². The Morgan fingerprint density at radius 3 is 2.05 bits per heavy atom. The van der Waals surface area contributed by atoms with Crippen molar-refractivity contribution in [3.8, 4) is 5.75 Å². The zero-order valence-electron chi connectivity index (χ0n) is 11.3. The number of carbonyl (C=O) groups is 2. The first kappa shape index (κ1) is 15.0. The van der Waals surface area contributed by atoms with Gasteiger partial charge in [0, 0.05) is 7.11 Å². The Balaban J connectivity index is 2.35. The number of methoxy groups -OCH3 is 1. The van der Waals surface area contributed by atoms with E-state index in [2.05, 4.69) is 15.6 Å². The molecule has 0 aromatic heterocycles. The highest BCUT2D eigenvalue weighted by atomic mass is 16.5. The van der Waals surface area contributed by atoms with Gasteiger partial charge in [0.25, 0.3) is 11.8 Å². The lowest BCUT2D eigenvalue weighted by molar-refractivity contribution is -0.131. The minimum absolute atomic E-state index is 0.113. The summed E-state index contributed by atoms with van der Waals surface area (Å²) in [5.41, 5.74) is 6.54.